The van der Waals surface area contributed by atoms with Crippen molar-refractivity contribution in [2.24, 2.45) is 5.92 Å². The van der Waals surface area contributed by atoms with E-state index < -0.39 is 0 Å². The number of hydrogen-bond donors (Lipinski definition) is 1. The van der Waals surface area contributed by atoms with E-state index in [0.717, 1.165) is 36.2 Å². The molecule has 0 aliphatic carbocycles. The number of nitrogens with zero attached hydrogens (tertiary/aromatic N) is 4. The first-order chi connectivity index (χ1) is 12.3. The number of carbonyl (C=O) groups is 1. The molecule has 4 heterocycles. The molecule has 8 heteroatoms. The molecule has 0 radical (unpaired) electrons. The summed E-state index contributed by atoms with van der Waals surface area (Å²) in [7, 11) is 0. The number of hydrogen-bond acceptors (Lipinski definition) is 6. The fraction of sp³-hybridized carbons (Fsp3) is 0.353. The molecule has 130 valence electrons. The van der Waals surface area contributed by atoms with Crippen molar-refractivity contribution in [2.45, 2.75) is 19.4 Å². The summed E-state index contributed by atoms with van der Waals surface area (Å²) < 4.78 is 1.96. The van der Waals surface area contributed by atoms with Crippen LogP contribution in [0.4, 0.5) is 5.13 Å². The van der Waals surface area contributed by atoms with Crippen molar-refractivity contribution in [1.82, 2.24) is 20.1 Å². The molecule has 1 amide bonds. The van der Waals surface area contributed by atoms with Crippen LogP contribution in [0.5, 0.6) is 0 Å². The van der Waals surface area contributed by atoms with E-state index in [-0.39, 0.29) is 11.8 Å². The topological polar surface area (TPSA) is 63.1 Å². The van der Waals surface area contributed by atoms with Gasteiger partial charge in [-0.05, 0) is 36.4 Å². The molecular formula is C17H19N5OS2. The molecule has 1 saturated heterocycles. The molecule has 1 fully saturated rings. The zero-order valence-electron chi connectivity index (χ0n) is 13.7. The minimum atomic E-state index is 0.0908. The molecule has 25 heavy (non-hydrogen) atoms. The second-order valence-electron chi connectivity index (χ2n) is 6.02. The average Bonchev–Trinajstić information content (AvgIpc) is 3.42. The van der Waals surface area contributed by atoms with E-state index in [1.807, 2.05) is 46.6 Å². The number of piperidine rings is 1. The lowest BCUT2D eigenvalue weighted by atomic mass is 9.96. The third-order valence-corrected chi connectivity index (χ3v) is 6.26. The molecular weight excluding hydrogens is 354 g/mol. The van der Waals surface area contributed by atoms with Gasteiger partial charge >= 0.3 is 0 Å². The van der Waals surface area contributed by atoms with Crippen molar-refractivity contribution >= 4 is 33.7 Å². The van der Waals surface area contributed by atoms with Crippen molar-refractivity contribution in [3.05, 3.63) is 46.9 Å². The fourth-order valence-corrected chi connectivity index (χ4v) is 4.48. The van der Waals surface area contributed by atoms with Gasteiger partial charge in [0.05, 0.1) is 6.54 Å². The first kappa shape index (κ1) is 16.3. The monoisotopic (exact) mass is 373 g/mol. The molecule has 3 aromatic rings. The number of carbonyl (C=O) groups excluding carboxylic acids is 1. The van der Waals surface area contributed by atoms with Gasteiger partial charge in [-0.1, -0.05) is 17.4 Å². The number of amides is 1. The van der Waals surface area contributed by atoms with E-state index in [0.29, 0.717) is 6.54 Å². The van der Waals surface area contributed by atoms with Crippen LogP contribution in [0.3, 0.4) is 0 Å². The van der Waals surface area contributed by atoms with Gasteiger partial charge in [0.25, 0.3) is 0 Å². The standard InChI is InChI=1S/C17H19N5OS2/c23-15(18-12-14-4-3-11-24-14)13-5-9-22(10-6-13)17-20-19-16(25-17)21-7-1-2-8-21/h1-4,7-8,11,13H,5-6,9-10,12H2,(H,18,23). The smallest absolute Gasteiger partial charge is 0.223 e. The van der Waals surface area contributed by atoms with Gasteiger partial charge in [0.15, 0.2) is 0 Å². The van der Waals surface area contributed by atoms with Gasteiger partial charge in [0, 0.05) is 36.3 Å². The maximum absolute atomic E-state index is 12.3. The molecule has 1 aliphatic heterocycles. The van der Waals surface area contributed by atoms with Crippen molar-refractivity contribution < 1.29 is 4.79 Å². The van der Waals surface area contributed by atoms with E-state index in [9.17, 15) is 4.79 Å². The Balaban J connectivity index is 1.30. The van der Waals surface area contributed by atoms with E-state index in [1.165, 1.54) is 4.88 Å². The van der Waals surface area contributed by atoms with Crippen molar-refractivity contribution in [2.75, 3.05) is 18.0 Å². The van der Waals surface area contributed by atoms with Crippen molar-refractivity contribution in [1.29, 1.82) is 0 Å². The molecule has 1 N–H and O–H groups in total. The molecule has 0 unspecified atom stereocenters. The van der Waals surface area contributed by atoms with Crippen molar-refractivity contribution in [3.63, 3.8) is 0 Å². The van der Waals surface area contributed by atoms with E-state index >= 15 is 0 Å². The maximum Gasteiger partial charge on any atom is 0.223 e. The summed E-state index contributed by atoms with van der Waals surface area (Å²) in [6.07, 6.45) is 5.65. The van der Waals surface area contributed by atoms with Gasteiger partial charge < -0.3 is 10.2 Å². The molecule has 0 atom stereocenters. The highest BCUT2D eigenvalue weighted by Gasteiger charge is 2.26. The number of rotatable bonds is 5. The normalized spacial score (nSPS) is 15.4. The molecule has 0 saturated carbocycles. The molecule has 1 aliphatic rings. The Hall–Kier alpha value is -2.19. The Morgan fingerprint density at radius 1 is 1.16 bits per heavy atom. The average molecular weight is 374 g/mol. The zero-order chi connectivity index (χ0) is 17.1. The van der Waals surface area contributed by atoms with Gasteiger partial charge in [-0.15, -0.1) is 21.5 Å². The van der Waals surface area contributed by atoms with Gasteiger partial charge in [0.1, 0.15) is 0 Å². The Labute approximate surface area is 154 Å². The van der Waals surface area contributed by atoms with Crippen LogP contribution in [0, 0.1) is 5.92 Å². The van der Waals surface area contributed by atoms with Crippen LogP contribution in [-0.4, -0.2) is 33.8 Å². The van der Waals surface area contributed by atoms with Crippen LogP contribution in [0.2, 0.25) is 0 Å². The summed E-state index contributed by atoms with van der Waals surface area (Å²) in [5.74, 6) is 0.256. The molecule has 0 bridgehead atoms. The van der Waals surface area contributed by atoms with Crippen LogP contribution >= 0.6 is 22.7 Å². The van der Waals surface area contributed by atoms with Crippen LogP contribution in [0.15, 0.2) is 42.0 Å². The van der Waals surface area contributed by atoms with E-state index in [4.69, 9.17) is 0 Å². The number of nitrogens with one attached hydrogen (secondary N) is 1. The SMILES string of the molecule is O=C(NCc1cccs1)C1CCN(c2nnc(-n3cccc3)s2)CC1. The number of aromatic nitrogens is 3. The fourth-order valence-electron chi connectivity index (χ4n) is 2.97. The summed E-state index contributed by atoms with van der Waals surface area (Å²) in [6, 6.07) is 8.00. The molecule has 0 spiro atoms. The number of anilines is 1. The Morgan fingerprint density at radius 3 is 2.64 bits per heavy atom. The minimum absolute atomic E-state index is 0.0908. The molecule has 0 aromatic carbocycles. The van der Waals surface area contributed by atoms with Gasteiger partial charge in [-0.25, -0.2) is 0 Å². The second-order valence-corrected chi connectivity index (χ2v) is 7.98. The Morgan fingerprint density at radius 2 is 1.92 bits per heavy atom. The van der Waals surface area contributed by atoms with Crippen LogP contribution in [0.25, 0.3) is 5.13 Å². The highest BCUT2D eigenvalue weighted by molar-refractivity contribution is 7.17. The predicted octanol–water partition coefficient (Wildman–Crippen LogP) is 2.92. The largest absolute Gasteiger partial charge is 0.351 e. The van der Waals surface area contributed by atoms with E-state index in [2.05, 4.69) is 20.4 Å². The van der Waals surface area contributed by atoms with Gasteiger partial charge in [0.2, 0.25) is 16.2 Å². The molecule has 4 rings (SSSR count). The second kappa shape index (κ2) is 7.37. The quantitative estimate of drug-likeness (QED) is 0.747. The van der Waals surface area contributed by atoms with Gasteiger partial charge in [-0.3, -0.25) is 9.36 Å². The zero-order valence-corrected chi connectivity index (χ0v) is 15.3. The Bertz CT molecular complexity index is 804. The highest BCUT2D eigenvalue weighted by atomic mass is 32.1. The lowest BCUT2D eigenvalue weighted by molar-refractivity contribution is -0.125. The van der Waals surface area contributed by atoms with Crippen LogP contribution in [-0.2, 0) is 11.3 Å². The summed E-state index contributed by atoms with van der Waals surface area (Å²) >= 11 is 3.25. The predicted molar refractivity (Wildman–Crippen MR) is 100 cm³/mol. The lowest BCUT2D eigenvalue weighted by Gasteiger charge is -2.30. The first-order valence-electron chi connectivity index (χ1n) is 8.31. The van der Waals surface area contributed by atoms with Crippen molar-refractivity contribution in [3.8, 4) is 5.13 Å². The maximum atomic E-state index is 12.3. The summed E-state index contributed by atoms with van der Waals surface area (Å²) in [6.45, 7) is 2.32. The molecule has 6 nitrogen and oxygen atoms in total. The van der Waals surface area contributed by atoms with Crippen LogP contribution in [0.1, 0.15) is 17.7 Å². The summed E-state index contributed by atoms with van der Waals surface area (Å²) in [5, 5.41) is 15.5. The van der Waals surface area contributed by atoms with Crippen LogP contribution < -0.4 is 10.2 Å². The third-order valence-electron chi connectivity index (χ3n) is 4.38. The highest BCUT2D eigenvalue weighted by Crippen LogP contribution is 2.27. The number of thiophene rings is 1. The van der Waals surface area contributed by atoms with E-state index in [1.54, 1.807) is 22.7 Å². The first-order valence-corrected chi connectivity index (χ1v) is 10.0. The third kappa shape index (κ3) is 3.74. The molecule has 3 aromatic heterocycles. The van der Waals surface area contributed by atoms with Gasteiger partial charge in [-0.2, -0.15) is 0 Å². The summed E-state index contributed by atoms with van der Waals surface area (Å²) in [5.41, 5.74) is 0. The Kier molecular flexibility index (Phi) is 4.80. The lowest BCUT2D eigenvalue weighted by Crippen LogP contribution is -2.40. The summed E-state index contributed by atoms with van der Waals surface area (Å²) in [4.78, 5) is 15.8. The minimum Gasteiger partial charge on any atom is -0.351 e.